The summed E-state index contributed by atoms with van der Waals surface area (Å²) in [5, 5.41) is 0. The molecule has 1 nitrogen and oxygen atoms in total. The third-order valence-electron chi connectivity index (χ3n) is 4.41. The van der Waals surface area contributed by atoms with Crippen LogP contribution in [0, 0.1) is 0 Å². The fourth-order valence-corrected chi connectivity index (χ4v) is 14.0. The molecule has 0 aliphatic heterocycles. The molecule has 0 N–H and O–H groups in total. The molecule has 0 unspecified atom stereocenters. The van der Waals surface area contributed by atoms with Crippen molar-refractivity contribution in [3.8, 4) is 11.1 Å². The molecule has 0 amide bonds. The zero-order valence-electron chi connectivity index (χ0n) is 14.7. The minimum atomic E-state index is -1.41. The second-order valence-corrected chi connectivity index (χ2v) is 18.3. The number of anilines is 1. The summed E-state index contributed by atoms with van der Waals surface area (Å²) in [6.07, 6.45) is 1.09. The molecule has 2 aromatic carbocycles. The van der Waals surface area contributed by atoms with Gasteiger partial charge in [-0.3, -0.25) is 0 Å². The summed E-state index contributed by atoms with van der Waals surface area (Å²) in [4.78, 5) is 0. The zero-order chi connectivity index (χ0) is 16.1. The molecule has 3 rings (SSSR count). The number of fused-ring (bicyclic) bond motifs is 3. The van der Waals surface area contributed by atoms with Crippen LogP contribution in [0.4, 0.5) is 5.69 Å². The van der Waals surface area contributed by atoms with Crippen molar-refractivity contribution in [3.05, 3.63) is 53.6 Å². The van der Waals surface area contributed by atoms with E-state index in [0.717, 1.165) is 6.42 Å². The van der Waals surface area contributed by atoms with Gasteiger partial charge in [-0.1, -0.05) is 75.7 Å². The summed E-state index contributed by atoms with van der Waals surface area (Å²) < 4.78 is 2.85. The van der Waals surface area contributed by atoms with Gasteiger partial charge in [0.05, 0.1) is 0 Å². The van der Waals surface area contributed by atoms with Crippen LogP contribution in [0.1, 0.15) is 11.1 Å². The molecule has 0 saturated carbocycles. The van der Waals surface area contributed by atoms with Crippen LogP contribution in [0.5, 0.6) is 0 Å². The quantitative estimate of drug-likeness (QED) is 0.555. The van der Waals surface area contributed by atoms with Crippen molar-refractivity contribution < 1.29 is 0 Å². The maximum atomic E-state index is 2.85. The Kier molecular flexibility index (Phi) is 3.61. The van der Waals surface area contributed by atoms with E-state index in [9.17, 15) is 0 Å². The topological polar surface area (TPSA) is 3.24 Å². The molecule has 1 aliphatic rings. The van der Waals surface area contributed by atoms with E-state index >= 15 is 0 Å². The van der Waals surface area contributed by atoms with Crippen LogP contribution in [0.3, 0.4) is 0 Å². The van der Waals surface area contributed by atoms with E-state index in [1.807, 2.05) is 0 Å². The normalized spacial score (nSPS) is 13.7. The SMILES string of the molecule is C[Si](C)(C)N(c1cccc2c1Cc1ccccc1-2)[Si](C)(C)C. The molecule has 2 aromatic rings. The van der Waals surface area contributed by atoms with Gasteiger partial charge in [-0.25, -0.2) is 0 Å². The molecule has 22 heavy (non-hydrogen) atoms. The highest BCUT2D eigenvalue weighted by atomic mass is 28.4. The van der Waals surface area contributed by atoms with Crippen molar-refractivity contribution in [1.82, 2.24) is 0 Å². The first-order valence-corrected chi connectivity index (χ1v) is 15.1. The molecule has 3 heteroatoms. The highest BCUT2D eigenvalue weighted by Gasteiger charge is 2.37. The average molecular weight is 326 g/mol. The molecule has 0 atom stereocenters. The Bertz CT molecular complexity index is 694. The Balaban J connectivity index is 2.19. The molecular weight excluding hydrogens is 298 g/mol. The highest BCUT2D eigenvalue weighted by Crippen LogP contribution is 2.43. The van der Waals surface area contributed by atoms with Crippen LogP contribution < -0.4 is 4.23 Å². The lowest BCUT2D eigenvalue weighted by atomic mass is 10.1. The number of hydrogen-bond donors (Lipinski definition) is 0. The lowest BCUT2D eigenvalue weighted by Crippen LogP contribution is -2.59. The van der Waals surface area contributed by atoms with Gasteiger partial charge in [0, 0.05) is 12.1 Å². The lowest BCUT2D eigenvalue weighted by Gasteiger charge is -2.46. The molecule has 1 aliphatic carbocycles. The van der Waals surface area contributed by atoms with Crippen LogP contribution in [0.25, 0.3) is 11.1 Å². The van der Waals surface area contributed by atoms with Crippen LogP contribution >= 0.6 is 0 Å². The van der Waals surface area contributed by atoms with Crippen molar-refractivity contribution in [3.63, 3.8) is 0 Å². The van der Waals surface area contributed by atoms with Gasteiger partial charge in [0.1, 0.15) is 16.5 Å². The monoisotopic (exact) mass is 325 g/mol. The third-order valence-corrected chi connectivity index (χ3v) is 11.6. The Morgan fingerprint density at radius 1 is 0.727 bits per heavy atom. The molecule has 0 aromatic heterocycles. The van der Waals surface area contributed by atoms with Gasteiger partial charge in [-0.05, 0) is 28.3 Å². The average Bonchev–Trinajstić information content (AvgIpc) is 2.75. The predicted octanol–water partition coefficient (Wildman–Crippen LogP) is 5.73. The number of hydrogen-bond acceptors (Lipinski definition) is 1. The van der Waals surface area contributed by atoms with Crippen LogP contribution in [0.2, 0.25) is 39.3 Å². The Labute approximate surface area is 137 Å². The lowest BCUT2D eigenvalue weighted by molar-refractivity contribution is 1.23. The van der Waals surface area contributed by atoms with E-state index in [0.29, 0.717) is 0 Å². The highest BCUT2D eigenvalue weighted by molar-refractivity contribution is 6.99. The van der Waals surface area contributed by atoms with Crippen molar-refractivity contribution in [2.45, 2.75) is 45.7 Å². The summed E-state index contributed by atoms with van der Waals surface area (Å²) in [6.45, 7) is 14.9. The number of nitrogens with zero attached hydrogens (tertiary/aromatic N) is 1. The smallest absolute Gasteiger partial charge is 0.138 e. The minimum Gasteiger partial charge on any atom is -0.424 e. The molecule has 0 bridgehead atoms. The maximum Gasteiger partial charge on any atom is 0.138 e. The van der Waals surface area contributed by atoms with Gasteiger partial charge >= 0.3 is 0 Å². The van der Waals surface area contributed by atoms with Crippen molar-refractivity contribution in [1.29, 1.82) is 0 Å². The molecule has 0 fully saturated rings. The van der Waals surface area contributed by atoms with Gasteiger partial charge < -0.3 is 4.23 Å². The van der Waals surface area contributed by atoms with Crippen LogP contribution in [-0.4, -0.2) is 16.5 Å². The van der Waals surface area contributed by atoms with Gasteiger partial charge in [-0.15, -0.1) is 0 Å². The Hall–Kier alpha value is -1.33. The standard InChI is InChI=1S/C19H27NSi2/c1-21(2,3)20(22(4,5)6)19-13-9-12-17-16-11-8-7-10-15(16)14-18(17)19/h7-13H,14H2,1-6H3. The molecule has 0 heterocycles. The number of rotatable bonds is 3. The van der Waals surface area contributed by atoms with Crippen molar-refractivity contribution in [2.75, 3.05) is 4.23 Å². The van der Waals surface area contributed by atoms with E-state index in [1.165, 1.54) is 22.4 Å². The summed E-state index contributed by atoms with van der Waals surface area (Å²) in [6, 6.07) is 15.8. The largest absolute Gasteiger partial charge is 0.424 e. The Morgan fingerprint density at radius 3 is 1.95 bits per heavy atom. The van der Waals surface area contributed by atoms with Gasteiger partial charge in [0.2, 0.25) is 0 Å². The zero-order valence-corrected chi connectivity index (χ0v) is 16.7. The van der Waals surface area contributed by atoms with Crippen LogP contribution in [0.15, 0.2) is 42.5 Å². The third kappa shape index (κ3) is 2.57. The summed E-state index contributed by atoms with van der Waals surface area (Å²) in [7, 11) is -2.83. The van der Waals surface area contributed by atoms with Gasteiger partial charge in [-0.2, -0.15) is 0 Å². The predicted molar refractivity (Wildman–Crippen MR) is 104 cm³/mol. The molecule has 0 spiro atoms. The van der Waals surface area contributed by atoms with Crippen LogP contribution in [-0.2, 0) is 6.42 Å². The van der Waals surface area contributed by atoms with Crippen molar-refractivity contribution in [2.24, 2.45) is 0 Å². The molecular formula is C19H27NSi2. The van der Waals surface area contributed by atoms with E-state index in [-0.39, 0.29) is 0 Å². The fraction of sp³-hybridized carbons (Fsp3) is 0.368. The minimum absolute atomic E-state index is 1.09. The number of benzene rings is 2. The first-order chi connectivity index (χ1) is 10.2. The van der Waals surface area contributed by atoms with Gasteiger partial charge in [0.15, 0.2) is 0 Å². The van der Waals surface area contributed by atoms with E-state index < -0.39 is 16.5 Å². The summed E-state index contributed by atoms with van der Waals surface area (Å²) in [5.41, 5.74) is 7.43. The molecule has 0 radical (unpaired) electrons. The van der Waals surface area contributed by atoms with Gasteiger partial charge in [0.25, 0.3) is 0 Å². The molecule has 0 saturated heterocycles. The van der Waals surface area contributed by atoms with E-state index in [2.05, 4.69) is 86.0 Å². The first-order valence-electron chi connectivity index (χ1n) is 8.20. The molecule has 116 valence electrons. The second-order valence-electron chi connectivity index (χ2n) is 8.31. The summed E-state index contributed by atoms with van der Waals surface area (Å²) >= 11 is 0. The Morgan fingerprint density at radius 2 is 1.32 bits per heavy atom. The summed E-state index contributed by atoms with van der Waals surface area (Å²) in [5.74, 6) is 0. The van der Waals surface area contributed by atoms with E-state index in [1.54, 1.807) is 5.56 Å². The van der Waals surface area contributed by atoms with E-state index in [4.69, 9.17) is 0 Å². The fourth-order valence-electron chi connectivity index (χ4n) is 4.08. The second kappa shape index (κ2) is 5.10. The maximum absolute atomic E-state index is 2.85. The first kappa shape index (κ1) is 15.6. The van der Waals surface area contributed by atoms with Crippen molar-refractivity contribution >= 4 is 22.2 Å².